The lowest BCUT2D eigenvalue weighted by molar-refractivity contribution is 0.0116. The summed E-state index contributed by atoms with van der Waals surface area (Å²) in [4.78, 5) is 1.83. The average Bonchev–Trinajstić information content (AvgIpc) is 2.66. The Labute approximate surface area is 93.4 Å². The van der Waals surface area contributed by atoms with Crippen molar-refractivity contribution in [3.05, 3.63) is 21.9 Å². The monoisotopic (exact) mass is 222 g/mol. The molecule has 3 nitrogen and oxygen atoms in total. The quantitative estimate of drug-likeness (QED) is 0.792. The van der Waals surface area contributed by atoms with E-state index in [-0.39, 0.29) is 0 Å². The number of nitriles is 1. The van der Waals surface area contributed by atoms with Crippen molar-refractivity contribution >= 4 is 11.3 Å². The highest BCUT2D eigenvalue weighted by Gasteiger charge is 2.29. The number of hydrogen-bond donors (Lipinski definition) is 2. The van der Waals surface area contributed by atoms with Gasteiger partial charge in [-0.1, -0.05) is 0 Å². The summed E-state index contributed by atoms with van der Waals surface area (Å²) in [6.07, 6.45) is 2.28. The molecular weight excluding hydrogens is 208 g/mol. The van der Waals surface area contributed by atoms with Crippen molar-refractivity contribution in [3.8, 4) is 6.07 Å². The third-order valence-electron chi connectivity index (χ3n) is 2.81. The van der Waals surface area contributed by atoms with Crippen LogP contribution in [0, 0.1) is 11.3 Å². The zero-order valence-corrected chi connectivity index (χ0v) is 9.31. The summed E-state index contributed by atoms with van der Waals surface area (Å²) in [5.74, 6) is 0. The van der Waals surface area contributed by atoms with E-state index in [1.807, 2.05) is 12.1 Å². The van der Waals surface area contributed by atoms with E-state index in [4.69, 9.17) is 5.26 Å². The highest BCUT2D eigenvalue weighted by molar-refractivity contribution is 7.12. The largest absolute Gasteiger partial charge is 0.389 e. The molecule has 0 aliphatic carbocycles. The Kier molecular flexibility index (Phi) is 3.06. The third-order valence-corrected chi connectivity index (χ3v) is 3.80. The molecule has 0 atom stereocenters. The molecule has 2 N–H and O–H groups in total. The first-order chi connectivity index (χ1) is 7.22. The van der Waals surface area contributed by atoms with Gasteiger partial charge in [0, 0.05) is 11.3 Å². The van der Waals surface area contributed by atoms with Crippen molar-refractivity contribution in [1.82, 2.24) is 5.32 Å². The zero-order chi connectivity index (χ0) is 10.7. The highest BCUT2D eigenvalue weighted by atomic mass is 32.1. The molecule has 2 rings (SSSR count). The van der Waals surface area contributed by atoms with E-state index in [1.54, 1.807) is 0 Å². The summed E-state index contributed by atoms with van der Waals surface area (Å²) >= 11 is 1.48. The first-order valence-corrected chi connectivity index (χ1v) is 5.95. The average molecular weight is 222 g/mol. The van der Waals surface area contributed by atoms with Crippen LogP contribution in [0.4, 0.5) is 0 Å². The van der Waals surface area contributed by atoms with Crippen molar-refractivity contribution in [1.29, 1.82) is 5.26 Å². The Morgan fingerprint density at radius 2 is 2.20 bits per heavy atom. The number of aliphatic hydroxyl groups is 1. The van der Waals surface area contributed by atoms with Crippen LogP contribution in [0.5, 0.6) is 0 Å². The molecule has 0 spiro atoms. The molecule has 0 saturated carbocycles. The number of nitrogens with zero attached hydrogens (tertiary/aromatic N) is 1. The minimum atomic E-state index is -0.567. The van der Waals surface area contributed by atoms with E-state index >= 15 is 0 Å². The zero-order valence-electron chi connectivity index (χ0n) is 8.49. The predicted octanol–water partition coefficient (Wildman–Crippen LogP) is 1.28. The predicted molar refractivity (Wildman–Crippen MR) is 59.8 cm³/mol. The maximum absolute atomic E-state index is 10.3. The van der Waals surface area contributed by atoms with Crippen LogP contribution in [0.1, 0.15) is 22.6 Å². The lowest BCUT2D eigenvalue weighted by Gasteiger charge is -2.32. The molecule has 0 radical (unpaired) electrons. The van der Waals surface area contributed by atoms with Crippen molar-refractivity contribution in [3.63, 3.8) is 0 Å². The number of piperidine rings is 1. The topological polar surface area (TPSA) is 56.0 Å². The highest BCUT2D eigenvalue weighted by Crippen LogP contribution is 2.26. The molecular formula is C11H14N2OS. The van der Waals surface area contributed by atoms with E-state index in [2.05, 4.69) is 11.4 Å². The van der Waals surface area contributed by atoms with Gasteiger partial charge < -0.3 is 10.4 Å². The fourth-order valence-corrected chi connectivity index (χ4v) is 2.87. The Balaban J connectivity index is 2.04. The molecule has 1 aliphatic heterocycles. The molecule has 0 unspecified atom stereocenters. The summed E-state index contributed by atoms with van der Waals surface area (Å²) < 4.78 is 0. The molecule has 1 saturated heterocycles. The van der Waals surface area contributed by atoms with Crippen LogP contribution < -0.4 is 5.32 Å². The molecule has 0 bridgehead atoms. The van der Waals surface area contributed by atoms with Crippen molar-refractivity contribution in [2.45, 2.75) is 24.9 Å². The van der Waals surface area contributed by atoms with E-state index < -0.39 is 5.60 Å². The van der Waals surface area contributed by atoms with Crippen LogP contribution in [0.15, 0.2) is 12.1 Å². The fraction of sp³-hybridized carbons (Fsp3) is 0.545. The van der Waals surface area contributed by atoms with Gasteiger partial charge >= 0.3 is 0 Å². The molecule has 15 heavy (non-hydrogen) atoms. The number of thiophene rings is 1. The number of nitrogens with one attached hydrogen (secondary N) is 1. The van der Waals surface area contributed by atoms with E-state index in [1.165, 1.54) is 11.3 Å². The molecule has 0 amide bonds. The van der Waals surface area contributed by atoms with Crippen LogP contribution in [0.3, 0.4) is 0 Å². The van der Waals surface area contributed by atoms with Gasteiger partial charge in [-0.25, -0.2) is 0 Å². The minimum Gasteiger partial charge on any atom is -0.389 e. The lowest BCUT2D eigenvalue weighted by atomic mass is 9.88. The van der Waals surface area contributed by atoms with E-state index in [0.717, 1.165) is 35.7 Å². The van der Waals surface area contributed by atoms with Gasteiger partial charge in [0.25, 0.3) is 0 Å². The second kappa shape index (κ2) is 4.31. The first-order valence-electron chi connectivity index (χ1n) is 5.14. The number of rotatable bonds is 2. The summed E-state index contributed by atoms with van der Waals surface area (Å²) in [5.41, 5.74) is -0.567. The Bertz CT molecular complexity index is 374. The summed E-state index contributed by atoms with van der Waals surface area (Å²) in [6, 6.07) is 5.89. The SMILES string of the molecule is N#Cc1ccc(CC2(O)CCNCC2)s1. The molecule has 4 heteroatoms. The molecule has 0 aromatic carbocycles. The second-order valence-electron chi connectivity index (χ2n) is 4.03. The van der Waals surface area contributed by atoms with Crippen LogP contribution in [0.25, 0.3) is 0 Å². The first kappa shape index (κ1) is 10.6. The van der Waals surface area contributed by atoms with Gasteiger partial charge in [-0.15, -0.1) is 11.3 Å². The summed E-state index contributed by atoms with van der Waals surface area (Å²) in [7, 11) is 0. The Hall–Kier alpha value is -0.890. The Morgan fingerprint density at radius 1 is 1.47 bits per heavy atom. The fourth-order valence-electron chi connectivity index (χ4n) is 1.93. The summed E-state index contributed by atoms with van der Waals surface area (Å²) in [5, 5.41) is 22.2. The van der Waals surface area contributed by atoms with Gasteiger partial charge in [0.15, 0.2) is 0 Å². The van der Waals surface area contributed by atoms with Crippen LogP contribution in [-0.4, -0.2) is 23.8 Å². The minimum absolute atomic E-state index is 0.567. The van der Waals surface area contributed by atoms with Crippen LogP contribution in [-0.2, 0) is 6.42 Å². The van der Waals surface area contributed by atoms with Gasteiger partial charge in [0.2, 0.25) is 0 Å². The molecule has 1 aromatic heterocycles. The van der Waals surface area contributed by atoms with Crippen molar-refractivity contribution < 1.29 is 5.11 Å². The smallest absolute Gasteiger partial charge is 0.110 e. The van der Waals surface area contributed by atoms with Gasteiger partial charge in [-0.3, -0.25) is 0 Å². The lowest BCUT2D eigenvalue weighted by Crippen LogP contribution is -2.43. The molecule has 80 valence electrons. The van der Waals surface area contributed by atoms with Gasteiger partial charge in [-0.2, -0.15) is 5.26 Å². The van der Waals surface area contributed by atoms with Gasteiger partial charge in [0.05, 0.1) is 5.60 Å². The van der Waals surface area contributed by atoms with E-state index in [0.29, 0.717) is 6.42 Å². The van der Waals surface area contributed by atoms with Crippen LogP contribution in [0.2, 0.25) is 0 Å². The molecule has 1 aliphatic rings. The van der Waals surface area contributed by atoms with Gasteiger partial charge in [-0.05, 0) is 38.1 Å². The maximum Gasteiger partial charge on any atom is 0.110 e. The van der Waals surface area contributed by atoms with Crippen molar-refractivity contribution in [2.24, 2.45) is 0 Å². The molecule has 1 aromatic rings. The van der Waals surface area contributed by atoms with Crippen LogP contribution >= 0.6 is 11.3 Å². The standard InChI is InChI=1S/C11H14N2OS/c12-8-10-2-1-9(15-10)7-11(14)3-5-13-6-4-11/h1-2,13-14H,3-7H2. The second-order valence-corrected chi connectivity index (χ2v) is 5.20. The van der Waals surface area contributed by atoms with Gasteiger partial charge in [0.1, 0.15) is 10.9 Å². The Morgan fingerprint density at radius 3 is 2.80 bits per heavy atom. The normalized spacial score (nSPS) is 19.7. The van der Waals surface area contributed by atoms with Crippen molar-refractivity contribution in [2.75, 3.05) is 13.1 Å². The molecule has 1 fully saturated rings. The summed E-state index contributed by atoms with van der Waals surface area (Å²) in [6.45, 7) is 1.76. The molecule has 2 heterocycles. The third kappa shape index (κ3) is 2.57. The number of hydrogen-bond acceptors (Lipinski definition) is 4. The maximum atomic E-state index is 10.3. The van der Waals surface area contributed by atoms with E-state index in [9.17, 15) is 5.11 Å².